The molecule has 2 heterocycles. The number of rotatable bonds is 8. The number of imidazole rings is 1. The smallest absolute Gasteiger partial charge is 0.407 e. The van der Waals surface area contributed by atoms with E-state index in [2.05, 4.69) is 36.2 Å². The van der Waals surface area contributed by atoms with E-state index in [1.165, 1.54) is 15.8 Å². The Kier molecular flexibility index (Phi) is 8.14. The number of carbonyl (C=O) groups excluding carboxylic acids is 3. The molecule has 0 atom stereocenters. The number of nitrogens with zero attached hydrogens (tertiary/aromatic N) is 5. The number of hydrogen-bond acceptors (Lipinski definition) is 9. The number of anilines is 1. The van der Waals surface area contributed by atoms with E-state index in [0.29, 0.717) is 15.9 Å². The molecule has 0 saturated carbocycles. The van der Waals surface area contributed by atoms with Gasteiger partial charge in [0.2, 0.25) is 5.91 Å². The summed E-state index contributed by atoms with van der Waals surface area (Å²) in [6.07, 6.45) is 0.653. The van der Waals surface area contributed by atoms with E-state index in [0.717, 1.165) is 0 Å². The summed E-state index contributed by atoms with van der Waals surface area (Å²) in [7, 11) is 0. The number of aromatic nitrogens is 4. The minimum absolute atomic E-state index is 0.0677. The standard InChI is InChI=1S/C18H26BrN7O5/c1-5-30-12(28)9-25(7-6-21-17(29)31-18(2,3)4)11(27)8-26-15-13(24-16(26)19)14(20)22-10-23-15/h10H,5-9H2,1-4H3,(H,21,29)(H2,20,22,23). The fourth-order valence-electron chi connectivity index (χ4n) is 2.56. The van der Waals surface area contributed by atoms with Crippen LogP contribution in [0.1, 0.15) is 27.7 Å². The number of nitrogens with two attached hydrogens (primary N) is 1. The summed E-state index contributed by atoms with van der Waals surface area (Å²) in [5, 5.41) is 2.56. The zero-order valence-electron chi connectivity index (χ0n) is 17.8. The number of carbonyl (C=O) groups is 3. The molecule has 0 saturated heterocycles. The fourth-order valence-corrected chi connectivity index (χ4v) is 3.03. The molecule has 2 amide bonds. The van der Waals surface area contributed by atoms with Gasteiger partial charge in [0, 0.05) is 13.1 Å². The Balaban J connectivity index is 2.11. The van der Waals surface area contributed by atoms with Gasteiger partial charge in [0.15, 0.2) is 21.7 Å². The average molecular weight is 500 g/mol. The third-order valence-electron chi connectivity index (χ3n) is 3.84. The normalized spacial score (nSPS) is 11.3. The number of nitrogen functional groups attached to an aromatic ring is 1. The average Bonchev–Trinajstić information content (AvgIpc) is 2.96. The highest BCUT2D eigenvalue weighted by atomic mass is 79.9. The van der Waals surface area contributed by atoms with Gasteiger partial charge < -0.3 is 25.4 Å². The third-order valence-corrected chi connectivity index (χ3v) is 4.44. The molecule has 0 unspecified atom stereocenters. The van der Waals surface area contributed by atoms with Gasteiger partial charge in [-0.2, -0.15) is 0 Å². The Labute approximate surface area is 187 Å². The van der Waals surface area contributed by atoms with Crippen LogP contribution in [0.4, 0.5) is 10.6 Å². The van der Waals surface area contributed by atoms with Gasteiger partial charge in [0.25, 0.3) is 0 Å². The van der Waals surface area contributed by atoms with E-state index in [4.69, 9.17) is 15.2 Å². The number of esters is 1. The van der Waals surface area contributed by atoms with Crippen LogP contribution in [0.15, 0.2) is 11.1 Å². The van der Waals surface area contributed by atoms with E-state index < -0.39 is 23.6 Å². The highest BCUT2D eigenvalue weighted by Crippen LogP contribution is 2.21. The quantitative estimate of drug-likeness (QED) is 0.400. The number of ether oxygens (including phenoxy) is 2. The Morgan fingerprint density at radius 3 is 2.65 bits per heavy atom. The first-order valence-electron chi connectivity index (χ1n) is 9.54. The zero-order chi connectivity index (χ0) is 23.2. The molecular weight excluding hydrogens is 474 g/mol. The highest BCUT2D eigenvalue weighted by Gasteiger charge is 2.22. The number of halogens is 1. The van der Waals surface area contributed by atoms with Crippen LogP contribution in [0.5, 0.6) is 0 Å². The SMILES string of the molecule is CCOC(=O)CN(CCNC(=O)OC(C)(C)C)C(=O)Cn1c(Br)nc2c(N)ncnc21. The Bertz CT molecular complexity index is 957. The second kappa shape index (κ2) is 10.4. The van der Waals surface area contributed by atoms with E-state index in [-0.39, 0.29) is 38.6 Å². The lowest BCUT2D eigenvalue weighted by Crippen LogP contribution is -2.44. The van der Waals surface area contributed by atoms with Crippen LogP contribution in [-0.2, 0) is 25.6 Å². The summed E-state index contributed by atoms with van der Waals surface area (Å²) >= 11 is 3.29. The van der Waals surface area contributed by atoms with Crippen molar-refractivity contribution < 1.29 is 23.9 Å². The second-order valence-electron chi connectivity index (χ2n) is 7.45. The first-order chi connectivity index (χ1) is 14.5. The zero-order valence-corrected chi connectivity index (χ0v) is 19.4. The lowest BCUT2D eigenvalue weighted by molar-refractivity contribution is -0.149. The molecule has 0 bridgehead atoms. The van der Waals surface area contributed by atoms with Crippen LogP contribution in [0.25, 0.3) is 11.2 Å². The maximum absolute atomic E-state index is 13.0. The molecule has 0 aromatic carbocycles. The minimum atomic E-state index is -0.650. The summed E-state index contributed by atoms with van der Waals surface area (Å²) in [6.45, 7) is 6.80. The number of hydrogen-bond donors (Lipinski definition) is 2. The van der Waals surface area contributed by atoms with Crippen molar-refractivity contribution in [2.45, 2.75) is 39.8 Å². The molecule has 13 heteroatoms. The molecule has 170 valence electrons. The summed E-state index contributed by atoms with van der Waals surface area (Å²) in [4.78, 5) is 50.3. The summed E-state index contributed by atoms with van der Waals surface area (Å²) < 4.78 is 12.0. The number of nitrogens with one attached hydrogen (secondary N) is 1. The first-order valence-corrected chi connectivity index (χ1v) is 10.3. The van der Waals surface area contributed by atoms with Gasteiger partial charge in [-0.25, -0.2) is 19.7 Å². The molecule has 3 N–H and O–H groups in total. The second-order valence-corrected chi connectivity index (χ2v) is 8.16. The Morgan fingerprint density at radius 1 is 1.29 bits per heavy atom. The molecule has 0 spiro atoms. The predicted octanol–water partition coefficient (Wildman–Crippen LogP) is 1.09. The van der Waals surface area contributed by atoms with Gasteiger partial charge in [-0.3, -0.25) is 14.2 Å². The van der Waals surface area contributed by atoms with Crippen molar-refractivity contribution in [2.75, 3.05) is 32.0 Å². The molecule has 2 rings (SSSR count). The summed E-state index contributed by atoms with van der Waals surface area (Å²) in [5.74, 6) is -0.785. The topological polar surface area (TPSA) is 155 Å². The number of fused-ring (bicyclic) bond motifs is 1. The predicted molar refractivity (Wildman–Crippen MR) is 115 cm³/mol. The molecule has 12 nitrogen and oxygen atoms in total. The van der Waals surface area contributed by atoms with Gasteiger partial charge >= 0.3 is 12.1 Å². The fraction of sp³-hybridized carbons (Fsp3) is 0.556. The van der Waals surface area contributed by atoms with Crippen LogP contribution in [0.3, 0.4) is 0 Å². The van der Waals surface area contributed by atoms with Crippen molar-refractivity contribution >= 4 is 50.9 Å². The molecule has 31 heavy (non-hydrogen) atoms. The Morgan fingerprint density at radius 2 is 2.00 bits per heavy atom. The van der Waals surface area contributed by atoms with Gasteiger partial charge in [0.05, 0.1) is 6.61 Å². The number of alkyl carbamates (subject to hydrolysis) is 1. The van der Waals surface area contributed by atoms with Crippen molar-refractivity contribution in [1.29, 1.82) is 0 Å². The molecular formula is C18H26BrN7O5. The van der Waals surface area contributed by atoms with Crippen LogP contribution in [0, 0.1) is 0 Å². The third kappa shape index (κ3) is 7.05. The van der Waals surface area contributed by atoms with E-state index >= 15 is 0 Å². The van der Waals surface area contributed by atoms with Crippen LogP contribution in [-0.4, -0.2) is 74.2 Å². The monoisotopic (exact) mass is 499 g/mol. The van der Waals surface area contributed by atoms with Crippen molar-refractivity contribution in [1.82, 2.24) is 29.7 Å². The van der Waals surface area contributed by atoms with Gasteiger partial charge in [-0.15, -0.1) is 0 Å². The lowest BCUT2D eigenvalue weighted by Gasteiger charge is -2.23. The van der Waals surface area contributed by atoms with Crippen LogP contribution < -0.4 is 11.1 Å². The number of amides is 2. The highest BCUT2D eigenvalue weighted by molar-refractivity contribution is 9.10. The summed E-state index contributed by atoms with van der Waals surface area (Å²) in [5.41, 5.74) is 5.88. The van der Waals surface area contributed by atoms with Gasteiger partial charge in [-0.05, 0) is 43.6 Å². The Hall–Kier alpha value is -2.96. The molecule has 0 aliphatic heterocycles. The lowest BCUT2D eigenvalue weighted by atomic mass is 10.2. The first kappa shape index (κ1) is 24.3. The van der Waals surface area contributed by atoms with E-state index in [1.807, 2.05) is 0 Å². The van der Waals surface area contributed by atoms with Crippen LogP contribution in [0.2, 0.25) is 0 Å². The van der Waals surface area contributed by atoms with E-state index in [9.17, 15) is 14.4 Å². The van der Waals surface area contributed by atoms with Crippen molar-refractivity contribution in [3.05, 3.63) is 11.1 Å². The van der Waals surface area contributed by atoms with Gasteiger partial charge in [0.1, 0.15) is 25.0 Å². The maximum atomic E-state index is 13.0. The molecule has 0 aliphatic carbocycles. The molecule has 0 radical (unpaired) electrons. The van der Waals surface area contributed by atoms with Crippen LogP contribution >= 0.6 is 15.9 Å². The van der Waals surface area contributed by atoms with Gasteiger partial charge in [-0.1, -0.05) is 0 Å². The molecule has 2 aromatic heterocycles. The minimum Gasteiger partial charge on any atom is -0.465 e. The van der Waals surface area contributed by atoms with E-state index in [1.54, 1.807) is 27.7 Å². The largest absolute Gasteiger partial charge is 0.465 e. The molecule has 0 aliphatic rings. The van der Waals surface area contributed by atoms with Crippen molar-refractivity contribution in [3.63, 3.8) is 0 Å². The maximum Gasteiger partial charge on any atom is 0.407 e. The summed E-state index contributed by atoms with van der Waals surface area (Å²) in [6, 6.07) is 0. The van der Waals surface area contributed by atoms with Crippen molar-refractivity contribution in [3.8, 4) is 0 Å². The van der Waals surface area contributed by atoms with Crippen molar-refractivity contribution in [2.24, 2.45) is 0 Å². The molecule has 2 aromatic rings. The molecule has 0 fully saturated rings.